The van der Waals surface area contributed by atoms with Gasteiger partial charge >= 0.3 is 0 Å². The van der Waals surface area contributed by atoms with Gasteiger partial charge in [0.05, 0.1) is 11.8 Å². The Balaban J connectivity index is 2.24. The standard InChI is InChI=1S/C16H18O2/c1-4-16-14(7-8-18-16)15(17)10-13-9-11(2)5-6-12(13)3/h5-9H,4,10H2,1-3H3. The van der Waals surface area contributed by atoms with Crippen molar-refractivity contribution in [3.05, 3.63) is 58.5 Å². The molecule has 2 nitrogen and oxygen atoms in total. The zero-order chi connectivity index (χ0) is 13.1. The highest BCUT2D eigenvalue weighted by Crippen LogP contribution is 2.17. The first kappa shape index (κ1) is 12.6. The predicted molar refractivity (Wildman–Crippen MR) is 72.0 cm³/mol. The molecule has 1 aromatic heterocycles. The van der Waals surface area contributed by atoms with Gasteiger partial charge in [0.1, 0.15) is 5.76 Å². The van der Waals surface area contributed by atoms with E-state index in [-0.39, 0.29) is 5.78 Å². The minimum atomic E-state index is 0.134. The summed E-state index contributed by atoms with van der Waals surface area (Å²) in [6.07, 6.45) is 2.79. The van der Waals surface area contributed by atoms with Gasteiger partial charge < -0.3 is 4.42 Å². The number of hydrogen-bond acceptors (Lipinski definition) is 2. The molecule has 0 aliphatic heterocycles. The molecule has 1 aromatic carbocycles. The molecule has 0 saturated heterocycles. The van der Waals surface area contributed by atoms with Crippen molar-refractivity contribution in [3.8, 4) is 0 Å². The first-order chi connectivity index (χ1) is 8.61. The van der Waals surface area contributed by atoms with E-state index in [9.17, 15) is 4.79 Å². The lowest BCUT2D eigenvalue weighted by molar-refractivity contribution is 0.0991. The van der Waals surface area contributed by atoms with Crippen LogP contribution in [0.25, 0.3) is 0 Å². The van der Waals surface area contributed by atoms with Gasteiger partial charge in [-0.1, -0.05) is 30.7 Å². The normalized spacial score (nSPS) is 10.6. The minimum Gasteiger partial charge on any atom is -0.469 e. The van der Waals surface area contributed by atoms with Crippen LogP contribution in [0.1, 0.15) is 39.7 Å². The summed E-state index contributed by atoms with van der Waals surface area (Å²) in [6, 6.07) is 7.98. The maximum absolute atomic E-state index is 12.3. The van der Waals surface area contributed by atoms with Crippen molar-refractivity contribution in [2.45, 2.75) is 33.6 Å². The number of carbonyl (C=O) groups is 1. The first-order valence-corrected chi connectivity index (χ1v) is 6.27. The van der Waals surface area contributed by atoms with Crippen LogP contribution in [0.3, 0.4) is 0 Å². The van der Waals surface area contributed by atoms with Crippen molar-refractivity contribution in [3.63, 3.8) is 0 Å². The summed E-state index contributed by atoms with van der Waals surface area (Å²) in [5.41, 5.74) is 4.17. The summed E-state index contributed by atoms with van der Waals surface area (Å²) in [7, 11) is 0. The lowest BCUT2D eigenvalue weighted by Gasteiger charge is -2.06. The van der Waals surface area contributed by atoms with E-state index in [1.165, 1.54) is 5.56 Å². The smallest absolute Gasteiger partial charge is 0.170 e. The van der Waals surface area contributed by atoms with Gasteiger partial charge in [-0.2, -0.15) is 0 Å². The Morgan fingerprint density at radius 1 is 1.22 bits per heavy atom. The highest BCUT2D eigenvalue weighted by Gasteiger charge is 2.14. The lowest BCUT2D eigenvalue weighted by Crippen LogP contribution is -2.06. The Bertz CT molecular complexity index is 564. The molecular weight excluding hydrogens is 224 g/mol. The SMILES string of the molecule is CCc1occc1C(=O)Cc1cc(C)ccc1C. The molecule has 2 rings (SSSR count). The summed E-state index contributed by atoms with van der Waals surface area (Å²) >= 11 is 0. The Hall–Kier alpha value is -1.83. The maximum atomic E-state index is 12.3. The molecule has 0 bridgehead atoms. The predicted octanol–water partition coefficient (Wildman–Crippen LogP) is 3.88. The van der Waals surface area contributed by atoms with Crippen molar-refractivity contribution >= 4 is 5.78 Å². The molecule has 2 aromatic rings. The van der Waals surface area contributed by atoms with Gasteiger partial charge in [0.25, 0.3) is 0 Å². The second-order valence-corrected chi connectivity index (χ2v) is 4.64. The molecule has 0 radical (unpaired) electrons. The summed E-state index contributed by atoms with van der Waals surface area (Å²) in [5.74, 6) is 0.916. The number of aryl methyl sites for hydroxylation is 3. The van der Waals surface area contributed by atoms with E-state index in [1.807, 2.05) is 20.8 Å². The highest BCUT2D eigenvalue weighted by atomic mass is 16.3. The quantitative estimate of drug-likeness (QED) is 0.761. The third kappa shape index (κ3) is 2.53. The van der Waals surface area contributed by atoms with Crippen LogP contribution in [0.5, 0.6) is 0 Å². The number of hydrogen-bond donors (Lipinski definition) is 0. The van der Waals surface area contributed by atoms with Crippen LogP contribution in [-0.2, 0) is 12.8 Å². The summed E-state index contributed by atoms with van der Waals surface area (Å²) in [6.45, 7) is 6.08. The molecule has 0 aliphatic rings. The number of Topliss-reactive ketones (excluding diaryl/α,β-unsaturated/α-hetero) is 1. The monoisotopic (exact) mass is 242 g/mol. The molecule has 1 heterocycles. The largest absolute Gasteiger partial charge is 0.469 e. The Morgan fingerprint density at radius 2 is 2.00 bits per heavy atom. The number of ketones is 1. The molecule has 0 amide bonds. The van der Waals surface area contributed by atoms with Gasteiger partial charge in [0.2, 0.25) is 0 Å². The van der Waals surface area contributed by atoms with Gasteiger partial charge in [-0.15, -0.1) is 0 Å². The fraction of sp³-hybridized carbons (Fsp3) is 0.312. The van der Waals surface area contributed by atoms with E-state index >= 15 is 0 Å². The third-order valence-corrected chi connectivity index (χ3v) is 3.22. The lowest BCUT2D eigenvalue weighted by atomic mass is 9.97. The van der Waals surface area contributed by atoms with Crippen molar-refractivity contribution in [1.82, 2.24) is 0 Å². The van der Waals surface area contributed by atoms with Crippen molar-refractivity contribution < 1.29 is 9.21 Å². The van der Waals surface area contributed by atoms with E-state index in [1.54, 1.807) is 12.3 Å². The minimum absolute atomic E-state index is 0.134. The fourth-order valence-electron chi connectivity index (χ4n) is 2.12. The van der Waals surface area contributed by atoms with Crippen LogP contribution in [0.2, 0.25) is 0 Å². The molecule has 0 saturated carbocycles. The third-order valence-electron chi connectivity index (χ3n) is 3.22. The highest BCUT2D eigenvalue weighted by molar-refractivity contribution is 5.98. The van der Waals surface area contributed by atoms with Crippen molar-refractivity contribution in [2.24, 2.45) is 0 Å². The molecule has 0 spiro atoms. The topological polar surface area (TPSA) is 30.2 Å². The summed E-state index contributed by atoms with van der Waals surface area (Å²) < 4.78 is 5.31. The molecule has 18 heavy (non-hydrogen) atoms. The Morgan fingerprint density at radius 3 is 2.72 bits per heavy atom. The zero-order valence-corrected chi connectivity index (χ0v) is 11.1. The molecule has 0 unspecified atom stereocenters. The van der Waals surface area contributed by atoms with Crippen LogP contribution in [0, 0.1) is 13.8 Å². The number of rotatable bonds is 4. The number of furan rings is 1. The molecule has 2 heteroatoms. The number of carbonyl (C=O) groups excluding carboxylic acids is 1. The first-order valence-electron chi connectivity index (χ1n) is 6.27. The summed E-state index contributed by atoms with van der Waals surface area (Å²) in [5, 5.41) is 0. The fourth-order valence-corrected chi connectivity index (χ4v) is 2.12. The maximum Gasteiger partial charge on any atom is 0.170 e. The number of benzene rings is 1. The molecule has 0 aliphatic carbocycles. The average Bonchev–Trinajstić information content (AvgIpc) is 2.82. The Labute approximate surface area is 108 Å². The molecule has 94 valence electrons. The van der Waals surface area contributed by atoms with Gasteiger partial charge in [-0.25, -0.2) is 0 Å². The second-order valence-electron chi connectivity index (χ2n) is 4.64. The van der Waals surface area contributed by atoms with Crippen LogP contribution in [0.4, 0.5) is 0 Å². The van der Waals surface area contributed by atoms with Crippen molar-refractivity contribution in [1.29, 1.82) is 0 Å². The van der Waals surface area contributed by atoms with E-state index < -0.39 is 0 Å². The van der Waals surface area contributed by atoms with Crippen LogP contribution in [0.15, 0.2) is 34.9 Å². The van der Waals surface area contributed by atoms with Gasteiger partial charge in [0, 0.05) is 12.8 Å². The van der Waals surface area contributed by atoms with Crippen molar-refractivity contribution in [2.75, 3.05) is 0 Å². The molecule has 0 atom stereocenters. The molecule has 0 fully saturated rings. The van der Waals surface area contributed by atoms with Gasteiger partial charge in [-0.3, -0.25) is 4.79 Å². The molecular formula is C16H18O2. The van der Waals surface area contributed by atoms with Crippen LogP contribution >= 0.6 is 0 Å². The Kier molecular flexibility index (Phi) is 3.66. The van der Waals surface area contributed by atoms with E-state index in [0.29, 0.717) is 6.42 Å². The van der Waals surface area contributed by atoms with Crippen LogP contribution in [-0.4, -0.2) is 5.78 Å². The molecule has 0 N–H and O–H groups in total. The van der Waals surface area contributed by atoms with E-state index in [0.717, 1.165) is 28.9 Å². The van der Waals surface area contributed by atoms with Gasteiger partial charge in [0.15, 0.2) is 5.78 Å². The van der Waals surface area contributed by atoms with E-state index in [2.05, 4.69) is 18.2 Å². The van der Waals surface area contributed by atoms with Crippen LogP contribution < -0.4 is 0 Å². The second kappa shape index (κ2) is 5.21. The average molecular weight is 242 g/mol. The van der Waals surface area contributed by atoms with Gasteiger partial charge in [-0.05, 0) is 31.0 Å². The zero-order valence-electron chi connectivity index (χ0n) is 11.1. The summed E-state index contributed by atoms with van der Waals surface area (Å²) in [4.78, 5) is 12.3. The van der Waals surface area contributed by atoms with E-state index in [4.69, 9.17) is 4.42 Å².